The molecule has 0 aromatic carbocycles. The second kappa shape index (κ2) is 9.97. The maximum Gasteiger partial charge on any atom is 0.314 e. The largest absolute Gasteiger partial charge is 0.481 e. The minimum atomic E-state index is -3.80. The van der Waals surface area contributed by atoms with E-state index in [1.54, 1.807) is 0 Å². The summed E-state index contributed by atoms with van der Waals surface area (Å²) in [7, 11) is -3.80. The van der Waals surface area contributed by atoms with E-state index in [9.17, 15) is 18.0 Å². The van der Waals surface area contributed by atoms with Crippen molar-refractivity contribution in [2.75, 3.05) is 12.3 Å². The predicted octanol–water partition coefficient (Wildman–Crippen LogP) is -1.62. The topological polar surface area (TPSA) is 155 Å². The van der Waals surface area contributed by atoms with E-state index in [-0.39, 0.29) is 31.8 Å². The molecule has 0 aromatic heterocycles. The van der Waals surface area contributed by atoms with Gasteiger partial charge >= 0.3 is 11.9 Å². The molecule has 0 rings (SSSR count). The van der Waals surface area contributed by atoms with Crippen LogP contribution in [0.15, 0.2) is 0 Å². The van der Waals surface area contributed by atoms with Crippen molar-refractivity contribution >= 4 is 22.1 Å². The SMILES string of the molecule is NCCS(=O)(=O)O.O=C(O)CC(=O)O.[Zn]. The number of carboxylic acid groups (broad SMARTS) is 2. The number of hydrogen-bond donors (Lipinski definition) is 4. The van der Waals surface area contributed by atoms with Crippen molar-refractivity contribution in [2.45, 2.75) is 6.42 Å². The molecule has 8 nitrogen and oxygen atoms in total. The second-order valence-corrected chi connectivity index (χ2v) is 3.61. The van der Waals surface area contributed by atoms with Gasteiger partial charge in [-0.05, 0) is 0 Å². The summed E-state index contributed by atoms with van der Waals surface area (Å²) in [6, 6.07) is 0. The Bertz CT molecular complexity index is 276. The number of aliphatic carboxylic acids is 2. The van der Waals surface area contributed by atoms with Crippen LogP contribution in [0.3, 0.4) is 0 Å². The van der Waals surface area contributed by atoms with E-state index < -0.39 is 28.5 Å². The van der Waals surface area contributed by atoms with Gasteiger partial charge < -0.3 is 15.9 Å². The molecule has 0 unspecified atom stereocenters. The summed E-state index contributed by atoms with van der Waals surface area (Å²) >= 11 is 0. The summed E-state index contributed by atoms with van der Waals surface area (Å²) in [5.74, 6) is -2.98. The first-order valence-corrected chi connectivity index (χ1v) is 4.88. The van der Waals surface area contributed by atoms with Crippen LogP contribution in [0.5, 0.6) is 0 Å². The van der Waals surface area contributed by atoms with E-state index in [0.29, 0.717) is 0 Å². The van der Waals surface area contributed by atoms with Crippen LogP contribution in [0.2, 0.25) is 0 Å². The third-order valence-electron chi connectivity index (χ3n) is 0.678. The Morgan fingerprint density at radius 1 is 1.13 bits per heavy atom. The van der Waals surface area contributed by atoms with Crippen LogP contribution >= 0.6 is 0 Å². The molecule has 0 radical (unpaired) electrons. The molecule has 15 heavy (non-hydrogen) atoms. The Balaban J connectivity index is -0.000000180. The number of carbonyl (C=O) groups is 2. The normalized spacial score (nSPS) is 9.20. The molecule has 0 aliphatic rings. The zero-order valence-corrected chi connectivity index (χ0v) is 11.6. The third kappa shape index (κ3) is 31.8. The summed E-state index contributed by atoms with van der Waals surface area (Å²) in [6.07, 6.45) is -0.806. The smallest absolute Gasteiger partial charge is 0.314 e. The van der Waals surface area contributed by atoms with E-state index >= 15 is 0 Å². The van der Waals surface area contributed by atoms with Crippen molar-refractivity contribution < 1.29 is 52.3 Å². The fourth-order valence-corrected chi connectivity index (χ4v) is 0.576. The van der Waals surface area contributed by atoms with Crippen LogP contribution in [0, 0.1) is 0 Å². The molecule has 0 aliphatic heterocycles. The molecule has 0 spiro atoms. The number of hydrogen-bond acceptors (Lipinski definition) is 5. The number of nitrogens with two attached hydrogens (primary N) is 1. The van der Waals surface area contributed by atoms with Gasteiger partial charge in [-0.15, -0.1) is 0 Å². The van der Waals surface area contributed by atoms with Crippen molar-refractivity contribution in [3.05, 3.63) is 0 Å². The maximum atomic E-state index is 9.71. The number of rotatable bonds is 4. The van der Waals surface area contributed by atoms with Gasteiger partial charge in [0.05, 0.1) is 5.75 Å². The second-order valence-electron chi connectivity index (χ2n) is 2.04. The molecule has 0 heterocycles. The summed E-state index contributed by atoms with van der Waals surface area (Å²) in [4.78, 5) is 18.9. The van der Waals surface area contributed by atoms with Crippen LogP contribution in [0.1, 0.15) is 6.42 Å². The van der Waals surface area contributed by atoms with Gasteiger partial charge in [-0.3, -0.25) is 14.1 Å². The summed E-state index contributed by atoms with van der Waals surface area (Å²) < 4.78 is 27.3. The molecule has 0 aliphatic carbocycles. The van der Waals surface area contributed by atoms with E-state index in [2.05, 4.69) is 0 Å². The van der Waals surface area contributed by atoms with E-state index in [1.807, 2.05) is 0 Å². The van der Waals surface area contributed by atoms with Crippen molar-refractivity contribution in [1.82, 2.24) is 0 Å². The van der Waals surface area contributed by atoms with Gasteiger partial charge in [-0.2, -0.15) is 8.42 Å². The van der Waals surface area contributed by atoms with E-state index in [0.717, 1.165) is 0 Å². The van der Waals surface area contributed by atoms with Crippen LogP contribution in [0.4, 0.5) is 0 Å². The fourth-order valence-electron chi connectivity index (χ4n) is 0.278. The monoisotopic (exact) mass is 293 g/mol. The quantitative estimate of drug-likeness (QED) is 0.274. The Labute approximate surface area is 99.0 Å². The molecular weight excluding hydrogens is 284 g/mol. The average molecular weight is 295 g/mol. The minimum Gasteiger partial charge on any atom is -0.481 e. The Kier molecular flexibility index (Phi) is 13.2. The van der Waals surface area contributed by atoms with Crippen LogP contribution in [0.25, 0.3) is 0 Å². The molecule has 5 N–H and O–H groups in total. The van der Waals surface area contributed by atoms with Gasteiger partial charge in [0, 0.05) is 26.0 Å². The van der Waals surface area contributed by atoms with Gasteiger partial charge in [0.15, 0.2) is 0 Å². The first-order valence-electron chi connectivity index (χ1n) is 3.28. The fraction of sp³-hybridized carbons (Fsp3) is 0.600. The first kappa shape index (κ1) is 19.9. The molecule has 0 aromatic rings. The Morgan fingerprint density at radius 2 is 1.47 bits per heavy atom. The van der Waals surface area contributed by atoms with Crippen molar-refractivity contribution in [3.8, 4) is 0 Å². The van der Waals surface area contributed by atoms with E-state index in [1.165, 1.54) is 0 Å². The van der Waals surface area contributed by atoms with Gasteiger partial charge in [0.2, 0.25) is 0 Å². The molecular formula is C5H11NO7SZn. The van der Waals surface area contributed by atoms with Crippen LogP contribution in [-0.4, -0.2) is 47.4 Å². The van der Waals surface area contributed by atoms with Crippen molar-refractivity contribution in [3.63, 3.8) is 0 Å². The van der Waals surface area contributed by atoms with Gasteiger partial charge in [-0.25, -0.2) is 0 Å². The number of carboxylic acids is 2. The summed E-state index contributed by atoms with van der Waals surface area (Å²) in [5, 5.41) is 15.4. The Hall–Kier alpha value is -0.567. The molecule has 10 heteroatoms. The maximum absolute atomic E-state index is 9.71. The zero-order valence-electron chi connectivity index (χ0n) is 7.79. The molecule has 0 atom stereocenters. The summed E-state index contributed by atoms with van der Waals surface area (Å²) in [6.45, 7) is -0.0289. The van der Waals surface area contributed by atoms with Crippen molar-refractivity contribution in [2.24, 2.45) is 5.73 Å². The zero-order chi connectivity index (χ0) is 11.8. The standard InChI is InChI=1S/C3H4O4.C2H7NO3S.Zn/c4-2(5)1-3(6)7;3-1-2-7(4,5)6;/h1H2,(H,4,5)(H,6,7);1-3H2,(H,4,5,6);. The van der Waals surface area contributed by atoms with E-state index in [4.69, 9.17) is 20.5 Å². The molecule has 0 saturated carbocycles. The molecule has 0 saturated heterocycles. The third-order valence-corrected chi connectivity index (χ3v) is 1.43. The summed E-state index contributed by atoms with van der Waals surface area (Å²) in [5.41, 5.74) is 4.78. The van der Waals surface area contributed by atoms with Crippen LogP contribution < -0.4 is 5.73 Å². The van der Waals surface area contributed by atoms with Gasteiger partial charge in [-0.1, -0.05) is 0 Å². The molecule has 86 valence electrons. The molecule has 0 amide bonds. The van der Waals surface area contributed by atoms with Gasteiger partial charge in [0.25, 0.3) is 10.1 Å². The minimum absolute atomic E-state index is 0. The molecule has 0 fully saturated rings. The Morgan fingerprint density at radius 3 is 1.47 bits per heavy atom. The van der Waals surface area contributed by atoms with Crippen molar-refractivity contribution in [1.29, 1.82) is 0 Å². The van der Waals surface area contributed by atoms with Gasteiger partial charge in [0.1, 0.15) is 6.42 Å². The first-order chi connectivity index (χ1) is 6.19. The predicted molar refractivity (Wildman–Crippen MR) is 45.4 cm³/mol. The average Bonchev–Trinajstić information content (AvgIpc) is 1.80. The molecule has 0 bridgehead atoms. The van der Waals surface area contributed by atoms with Crippen LogP contribution in [-0.2, 0) is 39.2 Å².